The highest BCUT2D eigenvalue weighted by atomic mass is 16.5. The van der Waals surface area contributed by atoms with Gasteiger partial charge in [0.1, 0.15) is 0 Å². The third kappa shape index (κ3) is 4.02. The molecule has 0 aromatic heterocycles. The summed E-state index contributed by atoms with van der Waals surface area (Å²) in [7, 11) is 0. The summed E-state index contributed by atoms with van der Waals surface area (Å²) in [5.41, 5.74) is 13.2. The minimum atomic E-state index is 0.181. The van der Waals surface area contributed by atoms with Crippen LogP contribution < -0.4 is 5.73 Å². The second-order valence-electron chi connectivity index (χ2n) is 12.7. The fourth-order valence-corrected chi connectivity index (χ4v) is 9.20. The minimum Gasteiger partial charge on any atom is -0.399 e. The van der Waals surface area contributed by atoms with Crippen molar-refractivity contribution in [2.45, 2.75) is 95.2 Å². The summed E-state index contributed by atoms with van der Waals surface area (Å²) in [6.07, 6.45) is 15.9. The molecule has 3 heteroatoms. The van der Waals surface area contributed by atoms with Crippen LogP contribution in [0.3, 0.4) is 0 Å². The lowest BCUT2D eigenvalue weighted by Gasteiger charge is -2.54. The predicted octanol–water partition coefficient (Wildman–Crippen LogP) is 7.54. The average molecular weight is 488 g/mol. The molecule has 6 rings (SSSR count). The number of hydrogen-bond acceptors (Lipinski definition) is 3. The molecule has 0 bridgehead atoms. The van der Waals surface area contributed by atoms with Gasteiger partial charge in [0.15, 0.2) is 0 Å². The summed E-state index contributed by atoms with van der Waals surface area (Å²) >= 11 is 0. The molecule has 0 amide bonds. The van der Waals surface area contributed by atoms with E-state index in [0.29, 0.717) is 23.6 Å². The monoisotopic (exact) mass is 487 g/mol. The van der Waals surface area contributed by atoms with Crippen LogP contribution in [0.4, 0.5) is 0 Å². The van der Waals surface area contributed by atoms with Gasteiger partial charge in [0.25, 0.3) is 0 Å². The molecular weight excluding hydrogens is 442 g/mol. The third-order valence-electron chi connectivity index (χ3n) is 10.9. The fraction of sp³-hybridized carbons (Fsp3) is 0.636. The Morgan fingerprint density at radius 1 is 1.14 bits per heavy atom. The Labute approximate surface area is 218 Å². The maximum Gasteiger partial charge on any atom is 0.0692 e. The molecule has 3 nitrogen and oxygen atoms in total. The number of hydrogen-bond donors (Lipinski definition) is 1. The van der Waals surface area contributed by atoms with Crippen molar-refractivity contribution in [3.05, 3.63) is 65.8 Å². The second kappa shape index (κ2) is 9.48. The Balaban J connectivity index is 1.38. The van der Waals surface area contributed by atoms with Crippen LogP contribution >= 0.6 is 0 Å². The summed E-state index contributed by atoms with van der Waals surface area (Å²) in [6.45, 7) is 12.2. The van der Waals surface area contributed by atoms with E-state index >= 15 is 0 Å². The molecule has 5 aliphatic rings. The number of allylic oxidation sites excluding steroid dienone is 2. The Hall–Kier alpha value is -1.84. The van der Waals surface area contributed by atoms with Crippen molar-refractivity contribution < 1.29 is 9.47 Å². The highest BCUT2D eigenvalue weighted by Crippen LogP contribution is 2.65. The molecule has 4 fully saturated rings. The van der Waals surface area contributed by atoms with Gasteiger partial charge in [0.2, 0.25) is 0 Å². The van der Waals surface area contributed by atoms with Crippen molar-refractivity contribution in [3.63, 3.8) is 0 Å². The number of benzene rings is 1. The van der Waals surface area contributed by atoms with Crippen molar-refractivity contribution in [2.24, 2.45) is 28.9 Å². The van der Waals surface area contributed by atoms with Gasteiger partial charge in [-0.05, 0) is 105 Å². The Morgan fingerprint density at radius 3 is 2.69 bits per heavy atom. The van der Waals surface area contributed by atoms with Gasteiger partial charge >= 0.3 is 0 Å². The zero-order chi connectivity index (χ0) is 24.9. The number of rotatable bonds is 6. The van der Waals surface area contributed by atoms with Crippen LogP contribution in [-0.4, -0.2) is 24.9 Å². The largest absolute Gasteiger partial charge is 0.399 e. The second-order valence-corrected chi connectivity index (χ2v) is 12.7. The molecular formula is C33H45NO2. The van der Waals surface area contributed by atoms with Gasteiger partial charge in [-0.1, -0.05) is 55.0 Å². The topological polar surface area (TPSA) is 44.5 Å². The standard InChI is InChI=1S/C33H45NO2/c1-4-5-18-35-30-14-13-29-27-12-11-25-20-33(16-6-19-36-33)17-15-26(25)31(27)28(21-32(29,30)3)24-9-7-23(8-10-24)22(2)34/h4,7-10,25,27-30H,1-2,5-6,11-21,34H2,3H3. The van der Waals surface area contributed by atoms with Gasteiger partial charge in [-0.2, -0.15) is 0 Å². The van der Waals surface area contributed by atoms with E-state index in [2.05, 4.69) is 44.3 Å². The molecule has 1 spiro atoms. The molecule has 4 aliphatic carbocycles. The van der Waals surface area contributed by atoms with Crippen molar-refractivity contribution >= 4 is 5.70 Å². The van der Waals surface area contributed by atoms with Crippen molar-refractivity contribution in [2.75, 3.05) is 13.2 Å². The molecule has 36 heavy (non-hydrogen) atoms. The van der Waals surface area contributed by atoms with Gasteiger partial charge in [-0.25, -0.2) is 0 Å². The SMILES string of the molecule is C=CCCOC1CCC2C3CCC4CC5(CCCO5)CCC4=C3C(c3ccc(C(=C)N)cc3)CC12C. The van der Waals surface area contributed by atoms with E-state index in [1.54, 1.807) is 0 Å². The molecule has 2 N–H and O–H groups in total. The minimum absolute atomic E-state index is 0.181. The molecule has 7 unspecified atom stereocenters. The van der Waals surface area contributed by atoms with E-state index in [9.17, 15) is 0 Å². The first kappa shape index (κ1) is 24.5. The van der Waals surface area contributed by atoms with E-state index in [4.69, 9.17) is 15.2 Å². The van der Waals surface area contributed by atoms with E-state index in [0.717, 1.165) is 37.0 Å². The van der Waals surface area contributed by atoms with Crippen LogP contribution in [0.5, 0.6) is 0 Å². The van der Waals surface area contributed by atoms with Gasteiger partial charge in [0, 0.05) is 18.2 Å². The predicted molar refractivity (Wildman–Crippen MR) is 147 cm³/mol. The quantitative estimate of drug-likeness (QED) is 0.333. The lowest BCUT2D eigenvalue weighted by molar-refractivity contribution is -0.0572. The molecule has 3 saturated carbocycles. The van der Waals surface area contributed by atoms with Gasteiger partial charge in [0.05, 0.1) is 18.3 Å². The molecule has 194 valence electrons. The van der Waals surface area contributed by atoms with Crippen molar-refractivity contribution in [1.29, 1.82) is 0 Å². The smallest absolute Gasteiger partial charge is 0.0692 e. The average Bonchev–Trinajstić information content (AvgIpc) is 3.47. The first-order chi connectivity index (χ1) is 17.4. The molecule has 7 atom stereocenters. The van der Waals surface area contributed by atoms with Gasteiger partial charge in [-0.15, -0.1) is 6.58 Å². The maximum absolute atomic E-state index is 6.57. The molecule has 1 aromatic carbocycles. The molecule has 1 aliphatic heterocycles. The van der Waals surface area contributed by atoms with Crippen LogP contribution in [0.2, 0.25) is 0 Å². The zero-order valence-corrected chi connectivity index (χ0v) is 22.3. The Morgan fingerprint density at radius 2 is 1.97 bits per heavy atom. The van der Waals surface area contributed by atoms with Crippen molar-refractivity contribution in [1.82, 2.24) is 0 Å². The number of ether oxygens (including phenoxy) is 2. The van der Waals surface area contributed by atoms with E-state index in [-0.39, 0.29) is 11.0 Å². The maximum atomic E-state index is 6.57. The summed E-state index contributed by atoms with van der Waals surface area (Å²) in [4.78, 5) is 0. The Bertz CT molecular complexity index is 1030. The first-order valence-electron chi connectivity index (χ1n) is 14.6. The number of nitrogens with two attached hydrogens (primary N) is 1. The fourth-order valence-electron chi connectivity index (χ4n) is 9.20. The van der Waals surface area contributed by atoms with Crippen LogP contribution in [-0.2, 0) is 9.47 Å². The Kier molecular flexibility index (Phi) is 6.45. The van der Waals surface area contributed by atoms with Crippen LogP contribution in [0, 0.1) is 23.2 Å². The van der Waals surface area contributed by atoms with E-state index in [1.807, 2.05) is 17.2 Å². The van der Waals surface area contributed by atoms with Crippen LogP contribution in [0.1, 0.15) is 94.6 Å². The summed E-state index contributed by atoms with van der Waals surface area (Å²) < 4.78 is 13.0. The highest BCUT2D eigenvalue weighted by molar-refractivity contribution is 5.60. The van der Waals surface area contributed by atoms with Crippen LogP contribution in [0.15, 0.2) is 54.6 Å². The zero-order valence-electron chi connectivity index (χ0n) is 22.3. The van der Waals surface area contributed by atoms with E-state index < -0.39 is 0 Å². The molecule has 1 aromatic rings. The lowest BCUT2D eigenvalue weighted by Crippen LogP contribution is -2.47. The first-order valence-corrected chi connectivity index (χ1v) is 14.6. The van der Waals surface area contributed by atoms with Gasteiger partial charge in [-0.3, -0.25) is 0 Å². The third-order valence-corrected chi connectivity index (χ3v) is 10.9. The number of fused-ring (bicyclic) bond motifs is 4. The molecule has 1 heterocycles. The summed E-state index contributed by atoms with van der Waals surface area (Å²) in [5, 5.41) is 0. The molecule has 1 saturated heterocycles. The normalized spacial score (nSPS) is 39.5. The highest BCUT2D eigenvalue weighted by Gasteiger charge is 2.58. The van der Waals surface area contributed by atoms with Crippen LogP contribution in [0.25, 0.3) is 5.70 Å². The lowest BCUT2D eigenvalue weighted by atomic mass is 9.51. The summed E-state index contributed by atoms with van der Waals surface area (Å²) in [6, 6.07) is 9.04. The molecule has 0 radical (unpaired) electrons. The van der Waals surface area contributed by atoms with E-state index in [1.165, 1.54) is 69.8 Å². The van der Waals surface area contributed by atoms with Crippen molar-refractivity contribution in [3.8, 4) is 0 Å². The van der Waals surface area contributed by atoms with Gasteiger partial charge < -0.3 is 15.2 Å². The summed E-state index contributed by atoms with van der Waals surface area (Å²) in [5.74, 6) is 2.65.